The minimum absolute atomic E-state index is 0.329. The van der Waals surface area contributed by atoms with E-state index in [1.807, 2.05) is 4.90 Å². The molecule has 6 rings (SSSR count). The molecule has 33 heavy (non-hydrogen) atoms. The quantitative estimate of drug-likeness (QED) is 0.630. The molecule has 2 spiro atoms. The summed E-state index contributed by atoms with van der Waals surface area (Å²) in [5.74, 6) is -1.87. The maximum atomic E-state index is 14.2. The summed E-state index contributed by atoms with van der Waals surface area (Å²) in [5.41, 5.74) is -3.63. The van der Waals surface area contributed by atoms with Gasteiger partial charge in [0, 0.05) is 28.0 Å². The van der Waals surface area contributed by atoms with E-state index in [1.165, 1.54) is 7.11 Å². The Morgan fingerprint density at radius 3 is 2.64 bits per heavy atom. The van der Waals surface area contributed by atoms with E-state index in [0.29, 0.717) is 46.9 Å². The predicted molar refractivity (Wildman–Crippen MR) is 118 cm³/mol. The van der Waals surface area contributed by atoms with Crippen LogP contribution >= 0.6 is 11.6 Å². The molecule has 0 aliphatic carbocycles. The van der Waals surface area contributed by atoms with E-state index in [0.717, 1.165) is 0 Å². The first-order valence-corrected chi connectivity index (χ1v) is 11.1. The standard InChI is InChI=1S/C24H19ClN4O4/c1-33-21(32)22(12-26)18-7-4-10-29(18)24(14-5-2-3-6-16(14)28-20(24)31)23(22)15-11-13(25)8-9-17(15)27-19(23)30/h2-3,5-6,8-9,11,18H,4,7,10H2,1H3,(H,27,30)(H,28,31)/t18?,22-,23+,24-/m1/s1. The number of nitrogens with one attached hydrogen (secondary N) is 2. The molecule has 4 heterocycles. The lowest BCUT2D eigenvalue weighted by Gasteiger charge is -2.45. The number of para-hydroxylation sites is 1. The van der Waals surface area contributed by atoms with Gasteiger partial charge in [-0.05, 0) is 49.2 Å². The first kappa shape index (κ1) is 20.2. The van der Waals surface area contributed by atoms with Gasteiger partial charge in [0.2, 0.25) is 5.91 Å². The molecule has 9 heteroatoms. The van der Waals surface area contributed by atoms with Crippen LogP contribution in [-0.4, -0.2) is 42.4 Å². The number of hydrogen-bond donors (Lipinski definition) is 2. The highest BCUT2D eigenvalue weighted by Crippen LogP contribution is 2.72. The van der Waals surface area contributed by atoms with E-state index >= 15 is 0 Å². The number of hydrogen-bond acceptors (Lipinski definition) is 6. The van der Waals surface area contributed by atoms with Crippen molar-refractivity contribution in [3.63, 3.8) is 0 Å². The van der Waals surface area contributed by atoms with E-state index in [9.17, 15) is 19.6 Å². The number of anilines is 2. The normalized spacial score (nSPS) is 33.4. The number of fused-ring (bicyclic) bond motifs is 7. The van der Waals surface area contributed by atoms with Gasteiger partial charge in [0.1, 0.15) is 11.0 Å². The van der Waals surface area contributed by atoms with Crippen molar-refractivity contribution in [2.75, 3.05) is 24.3 Å². The highest BCUT2D eigenvalue weighted by atomic mass is 35.5. The van der Waals surface area contributed by atoms with Crippen molar-refractivity contribution in [2.24, 2.45) is 5.41 Å². The van der Waals surface area contributed by atoms with E-state index < -0.39 is 40.2 Å². The van der Waals surface area contributed by atoms with Gasteiger partial charge in [-0.2, -0.15) is 5.26 Å². The first-order valence-electron chi connectivity index (χ1n) is 10.7. The van der Waals surface area contributed by atoms with Crippen molar-refractivity contribution >= 4 is 40.8 Å². The van der Waals surface area contributed by atoms with Crippen molar-refractivity contribution in [3.05, 3.63) is 58.6 Å². The van der Waals surface area contributed by atoms with Gasteiger partial charge in [-0.1, -0.05) is 29.8 Å². The zero-order chi connectivity index (χ0) is 23.2. The maximum absolute atomic E-state index is 14.2. The second-order valence-corrected chi connectivity index (χ2v) is 9.30. The molecule has 2 fully saturated rings. The van der Waals surface area contributed by atoms with Crippen molar-refractivity contribution in [1.29, 1.82) is 5.26 Å². The Bertz CT molecular complexity index is 1320. The zero-order valence-electron chi connectivity index (χ0n) is 17.6. The summed E-state index contributed by atoms with van der Waals surface area (Å²) in [4.78, 5) is 43.8. The molecule has 4 aliphatic rings. The molecule has 2 aromatic rings. The molecule has 8 nitrogen and oxygen atoms in total. The molecular formula is C24H19ClN4O4. The molecule has 1 unspecified atom stereocenters. The molecule has 2 aromatic carbocycles. The number of carbonyl (C=O) groups excluding carboxylic acids is 3. The van der Waals surface area contributed by atoms with Crippen LogP contribution in [0.15, 0.2) is 42.5 Å². The third-order valence-corrected chi connectivity index (χ3v) is 8.10. The first-order chi connectivity index (χ1) is 15.9. The summed E-state index contributed by atoms with van der Waals surface area (Å²) in [6.07, 6.45) is 1.13. The molecule has 2 N–H and O–H groups in total. The van der Waals surface area contributed by atoms with Crippen molar-refractivity contribution in [3.8, 4) is 6.07 Å². The SMILES string of the molecule is COC(=O)[C@@]1(C#N)C2CCCN2[C@]2(C(=O)Nc3ccccc32)[C@@]12C(=O)Nc1ccc(Cl)cc12. The number of esters is 1. The molecule has 0 aromatic heterocycles. The van der Waals surface area contributed by atoms with Crippen LogP contribution in [-0.2, 0) is 30.1 Å². The maximum Gasteiger partial charge on any atom is 0.329 e. The summed E-state index contributed by atoms with van der Waals surface area (Å²) < 4.78 is 5.21. The van der Waals surface area contributed by atoms with Crippen LogP contribution in [0.25, 0.3) is 0 Å². The monoisotopic (exact) mass is 462 g/mol. The van der Waals surface area contributed by atoms with Crippen LogP contribution in [0, 0.1) is 16.7 Å². The predicted octanol–water partition coefficient (Wildman–Crippen LogP) is 2.54. The highest BCUT2D eigenvalue weighted by molar-refractivity contribution is 6.31. The smallest absolute Gasteiger partial charge is 0.329 e. The third-order valence-electron chi connectivity index (χ3n) is 7.87. The van der Waals surface area contributed by atoms with Gasteiger partial charge < -0.3 is 15.4 Å². The molecule has 0 bridgehead atoms. The molecule has 166 valence electrons. The Hall–Kier alpha value is -3.41. The summed E-state index contributed by atoms with van der Waals surface area (Å²) in [7, 11) is 1.20. The Balaban J connectivity index is 1.86. The van der Waals surface area contributed by atoms with Crippen LogP contribution in [0.2, 0.25) is 5.02 Å². The second-order valence-electron chi connectivity index (χ2n) is 8.87. The Labute approximate surface area is 194 Å². The third kappa shape index (κ3) is 1.88. The van der Waals surface area contributed by atoms with Gasteiger partial charge in [0.25, 0.3) is 5.91 Å². The minimum Gasteiger partial charge on any atom is -0.468 e. The minimum atomic E-state index is -1.98. The van der Waals surface area contributed by atoms with E-state index in [4.69, 9.17) is 16.3 Å². The number of nitrogens with zero attached hydrogens (tertiary/aromatic N) is 2. The molecule has 2 amide bonds. The Kier molecular flexibility index (Phi) is 3.88. The average Bonchev–Trinajstić information content (AvgIpc) is 3.52. The Morgan fingerprint density at radius 1 is 1.15 bits per heavy atom. The van der Waals surface area contributed by atoms with Gasteiger partial charge in [-0.15, -0.1) is 0 Å². The van der Waals surface area contributed by atoms with Crippen LogP contribution in [0.5, 0.6) is 0 Å². The van der Waals surface area contributed by atoms with Gasteiger partial charge >= 0.3 is 5.97 Å². The summed E-state index contributed by atoms with van der Waals surface area (Å²) in [6, 6.07) is 13.5. The number of rotatable bonds is 1. The van der Waals surface area contributed by atoms with E-state index in [1.54, 1.807) is 42.5 Å². The van der Waals surface area contributed by atoms with Crippen LogP contribution in [0.4, 0.5) is 11.4 Å². The van der Waals surface area contributed by atoms with Crippen LogP contribution in [0.1, 0.15) is 24.0 Å². The lowest BCUT2D eigenvalue weighted by atomic mass is 9.51. The van der Waals surface area contributed by atoms with Crippen LogP contribution in [0.3, 0.4) is 0 Å². The van der Waals surface area contributed by atoms with Crippen molar-refractivity contribution in [2.45, 2.75) is 29.8 Å². The fourth-order valence-corrected chi connectivity index (χ4v) is 7.12. The lowest BCUT2D eigenvalue weighted by molar-refractivity contribution is -0.157. The molecule has 0 saturated carbocycles. The number of carbonyl (C=O) groups is 3. The number of benzene rings is 2. The number of methoxy groups -OCH3 is 1. The molecule has 2 saturated heterocycles. The van der Waals surface area contributed by atoms with E-state index in [2.05, 4.69) is 16.7 Å². The fraction of sp³-hybridized carbons (Fsp3) is 0.333. The Morgan fingerprint density at radius 2 is 1.88 bits per heavy atom. The topological polar surface area (TPSA) is 112 Å². The summed E-state index contributed by atoms with van der Waals surface area (Å²) >= 11 is 6.38. The lowest BCUT2D eigenvalue weighted by Crippen LogP contribution is -2.65. The molecule has 4 aliphatic heterocycles. The summed E-state index contributed by atoms with van der Waals surface area (Å²) in [6.45, 7) is 0.442. The molecule has 0 radical (unpaired) electrons. The number of halogens is 1. The molecule has 4 atom stereocenters. The van der Waals surface area contributed by atoms with E-state index in [-0.39, 0.29) is 0 Å². The van der Waals surface area contributed by atoms with Gasteiger partial charge in [0.15, 0.2) is 5.41 Å². The fourth-order valence-electron chi connectivity index (χ4n) is 6.95. The highest BCUT2D eigenvalue weighted by Gasteiger charge is 2.88. The van der Waals surface area contributed by atoms with Gasteiger partial charge in [-0.3, -0.25) is 19.3 Å². The largest absolute Gasteiger partial charge is 0.468 e. The van der Waals surface area contributed by atoms with Crippen molar-refractivity contribution in [1.82, 2.24) is 4.90 Å². The van der Waals surface area contributed by atoms with Gasteiger partial charge in [0.05, 0.1) is 13.2 Å². The molecular weight excluding hydrogens is 444 g/mol. The summed E-state index contributed by atoms with van der Waals surface area (Å²) in [5, 5.41) is 16.9. The van der Waals surface area contributed by atoms with Gasteiger partial charge in [-0.25, -0.2) is 0 Å². The van der Waals surface area contributed by atoms with Crippen molar-refractivity contribution < 1.29 is 19.1 Å². The zero-order valence-corrected chi connectivity index (χ0v) is 18.4. The average molecular weight is 463 g/mol. The number of amides is 2. The number of nitriles is 1. The van der Waals surface area contributed by atoms with Crippen LogP contribution < -0.4 is 10.6 Å². The second kappa shape index (κ2) is 6.34. The number of ether oxygens (including phenoxy) is 1.